The van der Waals surface area contributed by atoms with Gasteiger partial charge in [0.25, 0.3) is 0 Å². The second-order valence-electron chi connectivity index (χ2n) is 8.08. The lowest BCUT2D eigenvalue weighted by molar-refractivity contribution is -0.0179. The highest BCUT2D eigenvalue weighted by atomic mass is 127. The molecule has 0 aromatic heterocycles. The highest BCUT2D eigenvalue weighted by Crippen LogP contribution is 2.18. The minimum atomic E-state index is -0.881. The molecule has 30 heavy (non-hydrogen) atoms. The fourth-order valence-electron chi connectivity index (χ4n) is 3.17. The molecule has 0 amide bonds. The average Bonchev–Trinajstić information content (AvgIpc) is 2.70. The van der Waals surface area contributed by atoms with E-state index in [-0.39, 0.29) is 24.0 Å². The largest absolute Gasteiger partial charge is 0.492 e. The van der Waals surface area contributed by atoms with Crippen molar-refractivity contribution in [2.75, 3.05) is 59.1 Å². The number of aliphatic hydroxyl groups is 1. The van der Waals surface area contributed by atoms with Crippen LogP contribution in [0.2, 0.25) is 0 Å². The quantitative estimate of drug-likeness (QED) is 0.185. The fraction of sp³-hybridized carbons (Fsp3) is 0.682. The molecule has 3 N–H and O–H groups in total. The molecule has 0 spiro atoms. The summed E-state index contributed by atoms with van der Waals surface area (Å²) in [6.07, 6.45) is 0. The number of hydrogen-bond donors (Lipinski definition) is 3. The summed E-state index contributed by atoms with van der Waals surface area (Å²) in [5.74, 6) is 2.07. The average molecular weight is 534 g/mol. The number of halogens is 1. The Kier molecular flexibility index (Phi) is 12.6. The van der Waals surface area contributed by atoms with Gasteiger partial charge in [0.15, 0.2) is 5.96 Å². The highest BCUT2D eigenvalue weighted by Gasteiger charge is 2.25. The summed E-state index contributed by atoms with van der Waals surface area (Å²) in [4.78, 5) is 6.78. The molecule has 0 aliphatic carbocycles. The van der Waals surface area contributed by atoms with Gasteiger partial charge in [-0.1, -0.05) is 26.0 Å². The molecule has 2 rings (SSSR count). The van der Waals surface area contributed by atoms with E-state index in [1.54, 1.807) is 0 Å². The molecule has 1 aliphatic heterocycles. The Bertz CT molecular complexity index is 617. The van der Waals surface area contributed by atoms with Crippen LogP contribution in [-0.4, -0.2) is 80.7 Å². The van der Waals surface area contributed by atoms with Crippen molar-refractivity contribution in [3.05, 3.63) is 29.8 Å². The maximum Gasteiger partial charge on any atom is 0.191 e. The molecule has 1 aromatic carbocycles. The van der Waals surface area contributed by atoms with E-state index in [4.69, 9.17) is 9.47 Å². The number of hydrogen-bond acceptors (Lipinski definition) is 5. The van der Waals surface area contributed by atoms with Gasteiger partial charge in [-0.15, -0.1) is 24.0 Å². The molecule has 0 radical (unpaired) electrons. The molecule has 1 unspecified atom stereocenters. The zero-order valence-corrected chi connectivity index (χ0v) is 21.1. The Morgan fingerprint density at radius 2 is 1.90 bits per heavy atom. The van der Waals surface area contributed by atoms with Gasteiger partial charge < -0.3 is 25.2 Å². The van der Waals surface area contributed by atoms with Gasteiger partial charge in [0.05, 0.1) is 31.9 Å². The minimum Gasteiger partial charge on any atom is -0.492 e. The van der Waals surface area contributed by atoms with Crippen LogP contribution in [0.25, 0.3) is 0 Å². The summed E-state index contributed by atoms with van der Waals surface area (Å²) in [5.41, 5.74) is 0.426. The van der Waals surface area contributed by atoms with Crippen LogP contribution in [0.5, 0.6) is 5.75 Å². The van der Waals surface area contributed by atoms with E-state index in [1.165, 1.54) is 5.56 Å². The molecule has 7 nitrogen and oxygen atoms in total. The summed E-state index contributed by atoms with van der Waals surface area (Å²) in [7, 11) is 0. The van der Waals surface area contributed by atoms with Crippen molar-refractivity contribution >= 4 is 29.9 Å². The van der Waals surface area contributed by atoms with Crippen LogP contribution in [0, 0.1) is 0 Å². The monoisotopic (exact) mass is 534 g/mol. The molecule has 8 heteroatoms. The Morgan fingerprint density at radius 1 is 1.23 bits per heavy atom. The minimum absolute atomic E-state index is 0. The van der Waals surface area contributed by atoms with Crippen molar-refractivity contribution in [2.24, 2.45) is 4.99 Å². The lowest BCUT2D eigenvalue weighted by Crippen LogP contribution is -2.48. The number of nitrogens with one attached hydrogen (secondary N) is 2. The standard InChI is InChI=1S/C22H38N4O3.HI/c1-5-23-21(25-16-22(4,27)17-26-11-14-28-15-12-26)24-10-13-29-20-8-6-19(7-9-20)18(2)3;/h6-9,18,27H,5,10-17H2,1-4H3,(H2,23,24,25);1H. The third-order valence-corrected chi connectivity index (χ3v) is 4.80. The number of aliphatic imine (C=N–C) groups is 1. The smallest absolute Gasteiger partial charge is 0.191 e. The van der Waals surface area contributed by atoms with E-state index < -0.39 is 5.60 Å². The Morgan fingerprint density at radius 3 is 2.50 bits per heavy atom. The number of rotatable bonds is 10. The summed E-state index contributed by atoms with van der Waals surface area (Å²) < 4.78 is 11.2. The highest BCUT2D eigenvalue weighted by molar-refractivity contribution is 14.0. The van der Waals surface area contributed by atoms with Crippen molar-refractivity contribution < 1.29 is 14.6 Å². The Hall–Kier alpha value is -1.10. The molecule has 1 aliphatic rings. The second kappa shape index (κ2) is 14.1. The topological polar surface area (TPSA) is 78.4 Å². The molecule has 0 saturated carbocycles. The van der Waals surface area contributed by atoms with Crippen LogP contribution in [0.1, 0.15) is 39.2 Å². The van der Waals surface area contributed by atoms with E-state index in [0.717, 1.165) is 38.6 Å². The summed E-state index contributed by atoms with van der Waals surface area (Å²) in [6, 6.07) is 8.24. The number of morpholine rings is 1. The zero-order valence-electron chi connectivity index (χ0n) is 18.8. The number of ether oxygens (including phenoxy) is 2. The maximum absolute atomic E-state index is 10.7. The SMILES string of the molecule is CCNC(=NCC(C)(O)CN1CCOCC1)NCCOc1ccc(C(C)C)cc1.I. The van der Waals surface area contributed by atoms with Crippen LogP contribution >= 0.6 is 24.0 Å². The van der Waals surface area contributed by atoms with Gasteiger partial charge in [-0.2, -0.15) is 0 Å². The molecule has 1 heterocycles. The molecular formula is C22H39IN4O3. The molecular weight excluding hydrogens is 495 g/mol. The summed E-state index contributed by atoms with van der Waals surface area (Å²) in [5, 5.41) is 17.2. The van der Waals surface area contributed by atoms with Crippen molar-refractivity contribution in [3.8, 4) is 5.75 Å². The molecule has 172 valence electrons. The van der Waals surface area contributed by atoms with Gasteiger partial charge in [0.2, 0.25) is 0 Å². The summed E-state index contributed by atoms with van der Waals surface area (Å²) >= 11 is 0. The Labute approximate surface area is 198 Å². The van der Waals surface area contributed by atoms with Crippen LogP contribution in [0.4, 0.5) is 0 Å². The fourth-order valence-corrected chi connectivity index (χ4v) is 3.17. The molecule has 1 fully saturated rings. The first-order valence-corrected chi connectivity index (χ1v) is 10.7. The van der Waals surface area contributed by atoms with Crippen molar-refractivity contribution in [3.63, 3.8) is 0 Å². The predicted octanol–water partition coefficient (Wildman–Crippen LogP) is 2.45. The number of benzene rings is 1. The van der Waals surface area contributed by atoms with Crippen molar-refractivity contribution in [1.29, 1.82) is 0 Å². The number of nitrogens with zero attached hydrogens (tertiary/aromatic N) is 2. The first-order chi connectivity index (χ1) is 13.9. The van der Waals surface area contributed by atoms with Crippen molar-refractivity contribution in [1.82, 2.24) is 15.5 Å². The Balaban J connectivity index is 0.00000450. The first-order valence-electron chi connectivity index (χ1n) is 10.7. The van der Waals surface area contributed by atoms with E-state index in [2.05, 4.69) is 46.5 Å². The summed E-state index contributed by atoms with van der Waals surface area (Å²) in [6.45, 7) is 14.2. The van der Waals surface area contributed by atoms with E-state index in [0.29, 0.717) is 38.1 Å². The van der Waals surface area contributed by atoms with Crippen LogP contribution in [0.3, 0.4) is 0 Å². The molecule has 1 atom stereocenters. The van der Waals surface area contributed by atoms with Gasteiger partial charge in [-0.05, 0) is 37.5 Å². The van der Waals surface area contributed by atoms with Crippen LogP contribution in [0.15, 0.2) is 29.3 Å². The second-order valence-corrected chi connectivity index (χ2v) is 8.08. The van der Waals surface area contributed by atoms with Gasteiger partial charge >= 0.3 is 0 Å². The van der Waals surface area contributed by atoms with Crippen molar-refractivity contribution in [2.45, 2.75) is 39.2 Å². The molecule has 0 bridgehead atoms. The van der Waals surface area contributed by atoms with Crippen LogP contribution in [-0.2, 0) is 4.74 Å². The lowest BCUT2D eigenvalue weighted by atomic mass is 10.0. The van der Waals surface area contributed by atoms with Crippen LogP contribution < -0.4 is 15.4 Å². The normalized spacial score (nSPS) is 17.2. The third-order valence-electron chi connectivity index (χ3n) is 4.80. The molecule has 1 saturated heterocycles. The van der Waals surface area contributed by atoms with Gasteiger partial charge in [-0.25, -0.2) is 0 Å². The lowest BCUT2D eigenvalue weighted by Gasteiger charge is -2.33. The van der Waals surface area contributed by atoms with E-state index >= 15 is 0 Å². The predicted molar refractivity (Wildman–Crippen MR) is 133 cm³/mol. The zero-order chi connectivity index (χ0) is 21.1. The van der Waals surface area contributed by atoms with E-state index in [9.17, 15) is 5.11 Å². The third kappa shape index (κ3) is 10.3. The first kappa shape index (κ1) is 26.9. The van der Waals surface area contributed by atoms with Gasteiger partial charge in [0.1, 0.15) is 12.4 Å². The van der Waals surface area contributed by atoms with Gasteiger partial charge in [-0.3, -0.25) is 9.89 Å². The van der Waals surface area contributed by atoms with Gasteiger partial charge in [0, 0.05) is 26.2 Å². The number of guanidine groups is 1. The number of β-amino-alcohol motifs (C(OH)–C–C–N with tert-alkyl or cyclic N) is 1. The van der Waals surface area contributed by atoms with E-state index in [1.807, 2.05) is 26.0 Å². The maximum atomic E-state index is 10.7. The molecule has 1 aromatic rings.